The van der Waals surface area contributed by atoms with Crippen LogP contribution >= 0.6 is 0 Å². The molecule has 2 atom stereocenters. The predicted octanol–water partition coefficient (Wildman–Crippen LogP) is -0.773. The van der Waals surface area contributed by atoms with Crippen molar-refractivity contribution in [3.05, 3.63) is 16.7 Å². The van der Waals surface area contributed by atoms with Gasteiger partial charge in [-0.15, -0.1) is 0 Å². The molecule has 0 radical (unpaired) electrons. The van der Waals surface area contributed by atoms with E-state index in [1.54, 1.807) is 4.57 Å². The number of nitrogens with two attached hydrogens (primary N) is 2. The second-order valence-electron chi connectivity index (χ2n) is 6.30. The molecule has 138 valence electrons. The second kappa shape index (κ2) is 8.08. The van der Waals surface area contributed by atoms with E-state index in [1.165, 1.54) is 6.33 Å². The molecular formula is C15H24N6O4. The Morgan fingerprint density at radius 2 is 2.20 bits per heavy atom. The molecule has 0 fully saturated rings. The number of aromatic amines is 1. The number of H-pyrrole nitrogens is 1. The molecule has 2 rings (SSSR count). The lowest BCUT2D eigenvalue weighted by molar-refractivity contribution is -0.148. The minimum atomic E-state index is -0.691. The van der Waals surface area contributed by atoms with Crippen LogP contribution in [-0.4, -0.2) is 49.9 Å². The van der Waals surface area contributed by atoms with Gasteiger partial charge >= 0.3 is 5.97 Å². The monoisotopic (exact) mass is 352 g/mol. The number of nitrogen functional groups attached to an aromatic ring is 1. The molecule has 0 aliphatic carbocycles. The molecule has 0 aliphatic rings. The number of anilines is 1. The quantitative estimate of drug-likeness (QED) is 0.450. The third-order valence-electron chi connectivity index (χ3n) is 3.94. The molecule has 0 aliphatic heterocycles. The fraction of sp³-hybridized carbons (Fsp3) is 0.600. The van der Waals surface area contributed by atoms with Crippen LogP contribution in [0.5, 0.6) is 0 Å². The molecule has 0 amide bonds. The van der Waals surface area contributed by atoms with Gasteiger partial charge in [0, 0.05) is 19.1 Å². The molecule has 2 aromatic heterocycles. The number of carbonyl (C=O) groups is 1. The van der Waals surface area contributed by atoms with E-state index in [-0.39, 0.29) is 36.5 Å². The molecule has 0 saturated heterocycles. The number of nitrogens with one attached hydrogen (secondary N) is 1. The van der Waals surface area contributed by atoms with Gasteiger partial charge in [-0.25, -0.2) is 4.98 Å². The smallest absolute Gasteiger partial charge is 0.323 e. The normalized spacial score (nSPS) is 14.0. The Morgan fingerprint density at radius 3 is 2.84 bits per heavy atom. The van der Waals surface area contributed by atoms with Gasteiger partial charge in [-0.2, -0.15) is 4.98 Å². The number of nitrogens with zero attached hydrogens (tertiary/aromatic N) is 3. The third-order valence-corrected chi connectivity index (χ3v) is 3.94. The summed E-state index contributed by atoms with van der Waals surface area (Å²) in [6, 6.07) is -0.691. The highest BCUT2D eigenvalue weighted by molar-refractivity contribution is 5.75. The Labute approximate surface area is 144 Å². The summed E-state index contributed by atoms with van der Waals surface area (Å²) in [6.07, 6.45) is 1.88. The van der Waals surface area contributed by atoms with Crippen LogP contribution in [-0.2, 0) is 16.1 Å². The average Bonchev–Trinajstić information content (AvgIpc) is 2.94. The zero-order chi connectivity index (χ0) is 18.6. The Bertz CT molecular complexity index is 784. The number of rotatable bonds is 8. The first kappa shape index (κ1) is 18.9. The van der Waals surface area contributed by atoms with Gasteiger partial charge in [0.15, 0.2) is 11.2 Å². The van der Waals surface area contributed by atoms with E-state index < -0.39 is 17.6 Å². The molecule has 10 heteroatoms. The largest absolute Gasteiger partial charge is 0.464 e. The fourth-order valence-corrected chi connectivity index (χ4v) is 2.36. The maximum absolute atomic E-state index is 11.9. The number of carbonyl (C=O) groups excluding carboxylic acids is 1. The Hall–Kier alpha value is -2.46. The van der Waals surface area contributed by atoms with Gasteiger partial charge in [-0.1, -0.05) is 13.8 Å². The van der Waals surface area contributed by atoms with Crippen molar-refractivity contribution in [2.75, 3.05) is 18.9 Å². The van der Waals surface area contributed by atoms with E-state index >= 15 is 0 Å². The SMILES string of the molecule is CC(C)[C@H](N)C(=O)OC[C@@H](CCO)Cn1cnc2c(=O)[nH]c(N)nc21. The molecule has 2 aromatic rings. The number of aliphatic hydroxyl groups excluding tert-OH is 1. The van der Waals surface area contributed by atoms with Crippen molar-refractivity contribution in [3.8, 4) is 0 Å². The highest BCUT2D eigenvalue weighted by Crippen LogP contribution is 2.13. The zero-order valence-electron chi connectivity index (χ0n) is 14.3. The fourth-order valence-electron chi connectivity index (χ4n) is 2.36. The molecule has 2 heterocycles. The zero-order valence-corrected chi connectivity index (χ0v) is 14.3. The van der Waals surface area contributed by atoms with E-state index in [0.29, 0.717) is 18.6 Å². The van der Waals surface area contributed by atoms with Crippen molar-refractivity contribution in [3.63, 3.8) is 0 Å². The van der Waals surface area contributed by atoms with Crippen molar-refractivity contribution in [2.45, 2.75) is 32.9 Å². The van der Waals surface area contributed by atoms with E-state index in [9.17, 15) is 14.7 Å². The van der Waals surface area contributed by atoms with Crippen LogP contribution < -0.4 is 17.0 Å². The van der Waals surface area contributed by atoms with E-state index in [1.807, 2.05) is 13.8 Å². The maximum atomic E-state index is 11.9. The van der Waals surface area contributed by atoms with Crippen molar-refractivity contribution in [1.82, 2.24) is 19.5 Å². The van der Waals surface area contributed by atoms with Crippen LogP contribution in [0.15, 0.2) is 11.1 Å². The molecule has 0 bridgehead atoms. The number of fused-ring (bicyclic) bond motifs is 1. The van der Waals surface area contributed by atoms with Crippen LogP contribution in [0.4, 0.5) is 5.95 Å². The Morgan fingerprint density at radius 1 is 1.48 bits per heavy atom. The summed E-state index contributed by atoms with van der Waals surface area (Å²) in [6.45, 7) is 4.06. The summed E-state index contributed by atoms with van der Waals surface area (Å²) in [5, 5.41) is 9.25. The standard InChI is InChI=1S/C15H24N6O4/c1-8(2)10(16)14(24)25-6-9(3-4-22)5-21-7-18-11-12(21)19-15(17)20-13(11)23/h7-10,22H,3-6,16H2,1-2H3,(H3,17,19,20,23)/t9-,10-/m0/s1. The van der Waals surface area contributed by atoms with Crippen LogP contribution in [0.3, 0.4) is 0 Å². The van der Waals surface area contributed by atoms with Gasteiger partial charge in [0.25, 0.3) is 5.56 Å². The number of esters is 1. The minimum Gasteiger partial charge on any atom is -0.464 e. The van der Waals surface area contributed by atoms with Crippen LogP contribution in [0.2, 0.25) is 0 Å². The molecule has 10 nitrogen and oxygen atoms in total. The minimum absolute atomic E-state index is 0.00714. The first-order valence-corrected chi connectivity index (χ1v) is 8.07. The lowest BCUT2D eigenvalue weighted by Crippen LogP contribution is -2.38. The van der Waals surface area contributed by atoms with Gasteiger partial charge < -0.3 is 25.9 Å². The highest BCUT2D eigenvalue weighted by atomic mass is 16.5. The van der Waals surface area contributed by atoms with E-state index in [0.717, 1.165) is 0 Å². The predicted molar refractivity (Wildman–Crippen MR) is 91.5 cm³/mol. The lowest BCUT2D eigenvalue weighted by atomic mass is 10.1. The molecular weight excluding hydrogens is 328 g/mol. The summed E-state index contributed by atoms with van der Waals surface area (Å²) in [5.74, 6) is -0.701. The average molecular weight is 352 g/mol. The van der Waals surface area contributed by atoms with Crippen molar-refractivity contribution in [1.29, 1.82) is 0 Å². The summed E-state index contributed by atoms with van der Waals surface area (Å²) < 4.78 is 6.92. The Kier molecular flexibility index (Phi) is 6.10. The molecule has 0 spiro atoms. The van der Waals surface area contributed by atoms with Crippen LogP contribution in [0.1, 0.15) is 20.3 Å². The van der Waals surface area contributed by atoms with Crippen molar-refractivity contribution in [2.24, 2.45) is 17.6 Å². The van der Waals surface area contributed by atoms with Gasteiger partial charge in [0.1, 0.15) is 6.04 Å². The maximum Gasteiger partial charge on any atom is 0.323 e. The van der Waals surface area contributed by atoms with Gasteiger partial charge in [-0.3, -0.25) is 14.6 Å². The second-order valence-corrected chi connectivity index (χ2v) is 6.30. The van der Waals surface area contributed by atoms with E-state index in [2.05, 4.69) is 15.0 Å². The van der Waals surface area contributed by atoms with Crippen LogP contribution in [0, 0.1) is 11.8 Å². The first-order chi connectivity index (χ1) is 11.8. The number of aliphatic hydroxyl groups is 1. The molecule has 0 saturated carbocycles. The number of hydrogen-bond donors (Lipinski definition) is 4. The Balaban J connectivity index is 2.11. The summed E-state index contributed by atoms with van der Waals surface area (Å²) in [4.78, 5) is 34.2. The molecule has 0 unspecified atom stereocenters. The lowest BCUT2D eigenvalue weighted by Gasteiger charge is -2.19. The van der Waals surface area contributed by atoms with Crippen LogP contribution in [0.25, 0.3) is 11.2 Å². The number of hydrogen-bond acceptors (Lipinski definition) is 8. The number of ether oxygens (including phenoxy) is 1. The summed E-state index contributed by atoms with van der Waals surface area (Å²) >= 11 is 0. The highest BCUT2D eigenvalue weighted by Gasteiger charge is 2.21. The van der Waals surface area contributed by atoms with Crippen molar-refractivity contribution < 1.29 is 14.6 Å². The third kappa shape index (κ3) is 4.54. The van der Waals surface area contributed by atoms with Gasteiger partial charge in [-0.05, 0) is 12.3 Å². The molecule has 25 heavy (non-hydrogen) atoms. The summed E-state index contributed by atoms with van der Waals surface area (Å²) in [5.41, 5.74) is 11.4. The van der Waals surface area contributed by atoms with Gasteiger partial charge in [0.05, 0.1) is 12.9 Å². The molecule has 0 aromatic carbocycles. The number of aromatic nitrogens is 4. The first-order valence-electron chi connectivity index (χ1n) is 8.07. The number of imidazole rings is 1. The van der Waals surface area contributed by atoms with E-state index in [4.69, 9.17) is 16.2 Å². The van der Waals surface area contributed by atoms with Gasteiger partial charge in [0.2, 0.25) is 5.95 Å². The van der Waals surface area contributed by atoms with Crippen molar-refractivity contribution >= 4 is 23.1 Å². The summed E-state index contributed by atoms with van der Waals surface area (Å²) in [7, 11) is 0. The topological polar surface area (TPSA) is 162 Å². The molecule has 6 N–H and O–H groups in total.